The number of ketones is 1. The van der Waals surface area contributed by atoms with Crippen LogP contribution < -0.4 is 5.32 Å². The third kappa shape index (κ3) is 5.68. The number of hydrogen-bond acceptors (Lipinski definition) is 2. The molecule has 0 aliphatic heterocycles. The molecule has 0 saturated carbocycles. The summed E-state index contributed by atoms with van der Waals surface area (Å²) in [6.07, 6.45) is 3.85. The maximum atomic E-state index is 11.3. The second kappa shape index (κ2) is 7.70. The molecule has 0 aliphatic carbocycles. The lowest BCUT2D eigenvalue weighted by Gasteiger charge is -2.10. The van der Waals surface area contributed by atoms with Crippen molar-refractivity contribution >= 4 is 15.0 Å². The van der Waals surface area contributed by atoms with Gasteiger partial charge in [0.25, 0.3) is 0 Å². The van der Waals surface area contributed by atoms with Gasteiger partial charge in [0, 0.05) is 6.42 Å². The third-order valence-corrected chi connectivity index (χ3v) is 2.14. The first-order valence-corrected chi connectivity index (χ1v) is 5.50. The Hall–Kier alpha value is 0.0600. The lowest BCUT2D eigenvalue weighted by Crippen LogP contribution is -2.34. The van der Waals surface area contributed by atoms with E-state index in [-0.39, 0.29) is 6.04 Å². The van der Waals surface area contributed by atoms with E-state index in [1.54, 1.807) is 0 Å². The van der Waals surface area contributed by atoms with Crippen LogP contribution in [0, 0.1) is 0 Å². The molecule has 2 nitrogen and oxygen atoms in total. The van der Waals surface area contributed by atoms with E-state index in [0.29, 0.717) is 5.78 Å². The van der Waals surface area contributed by atoms with Crippen molar-refractivity contribution in [2.75, 3.05) is 12.7 Å². The highest BCUT2D eigenvalue weighted by Crippen LogP contribution is 1.98. The van der Waals surface area contributed by atoms with E-state index in [4.69, 9.17) is 0 Å². The Bertz CT molecular complexity index is 128. The Labute approximate surface area is 77.7 Å². The number of unbranched alkanes of at least 4 members (excludes halogenated alkanes) is 1. The topological polar surface area (TPSA) is 29.1 Å². The molecule has 2 unspecified atom stereocenters. The first-order chi connectivity index (χ1) is 5.72. The fourth-order valence-electron chi connectivity index (χ4n) is 0.981. The molecule has 0 radical (unpaired) electrons. The van der Waals surface area contributed by atoms with Crippen LogP contribution in [-0.4, -0.2) is 24.5 Å². The van der Waals surface area contributed by atoms with Crippen molar-refractivity contribution < 1.29 is 4.79 Å². The van der Waals surface area contributed by atoms with Gasteiger partial charge >= 0.3 is 0 Å². The van der Waals surface area contributed by atoms with Gasteiger partial charge in [-0.15, -0.1) is 9.24 Å². The molecule has 12 heavy (non-hydrogen) atoms. The van der Waals surface area contributed by atoms with Crippen molar-refractivity contribution in [2.45, 2.75) is 39.2 Å². The van der Waals surface area contributed by atoms with Crippen molar-refractivity contribution in [3.8, 4) is 0 Å². The number of hydrogen-bond donors (Lipinski definition) is 1. The van der Waals surface area contributed by atoms with Crippen molar-refractivity contribution in [2.24, 2.45) is 0 Å². The van der Waals surface area contributed by atoms with Gasteiger partial charge in [-0.2, -0.15) is 0 Å². The van der Waals surface area contributed by atoms with Gasteiger partial charge in [0.05, 0.1) is 6.04 Å². The van der Waals surface area contributed by atoms with Crippen molar-refractivity contribution in [3.05, 3.63) is 0 Å². The summed E-state index contributed by atoms with van der Waals surface area (Å²) in [5.41, 5.74) is 0. The van der Waals surface area contributed by atoms with Gasteiger partial charge < -0.3 is 5.32 Å². The van der Waals surface area contributed by atoms with Crippen molar-refractivity contribution in [3.63, 3.8) is 0 Å². The minimum Gasteiger partial charge on any atom is -0.307 e. The Morgan fingerprint density at radius 2 is 2.25 bits per heavy atom. The number of carbonyl (C=O) groups excluding carboxylic acids is 1. The summed E-state index contributed by atoms with van der Waals surface area (Å²) in [5, 5.41) is 3.17. The zero-order chi connectivity index (χ0) is 9.40. The molecule has 0 spiro atoms. The summed E-state index contributed by atoms with van der Waals surface area (Å²) >= 11 is 0. The fourth-order valence-corrected chi connectivity index (χ4v) is 1.15. The molecule has 0 saturated heterocycles. The van der Waals surface area contributed by atoms with Crippen LogP contribution in [0.4, 0.5) is 0 Å². The van der Waals surface area contributed by atoms with E-state index in [1.165, 1.54) is 0 Å². The quantitative estimate of drug-likeness (QED) is 0.616. The van der Waals surface area contributed by atoms with E-state index in [2.05, 4.69) is 21.5 Å². The van der Waals surface area contributed by atoms with E-state index < -0.39 is 0 Å². The smallest absolute Gasteiger partial charge is 0.149 e. The van der Waals surface area contributed by atoms with Crippen molar-refractivity contribution in [1.29, 1.82) is 0 Å². The van der Waals surface area contributed by atoms with Gasteiger partial charge in [0.2, 0.25) is 0 Å². The minimum absolute atomic E-state index is 0.0390. The zero-order valence-corrected chi connectivity index (χ0v) is 9.25. The zero-order valence-electron chi connectivity index (χ0n) is 8.10. The summed E-state index contributed by atoms with van der Waals surface area (Å²) in [7, 11) is 2.64. The van der Waals surface area contributed by atoms with Gasteiger partial charge in [0.15, 0.2) is 0 Å². The Kier molecular flexibility index (Phi) is 7.73. The first kappa shape index (κ1) is 12.1. The monoisotopic (exact) mass is 189 g/mol. The van der Waals surface area contributed by atoms with E-state index in [9.17, 15) is 4.79 Å². The van der Waals surface area contributed by atoms with Gasteiger partial charge in [-0.3, -0.25) is 4.79 Å². The molecular formula is C9H20NOP. The summed E-state index contributed by atoms with van der Waals surface area (Å²) in [6.45, 7) is 4.95. The molecule has 0 aromatic heterocycles. The van der Waals surface area contributed by atoms with E-state index in [0.717, 1.165) is 32.0 Å². The Morgan fingerprint density at radius 3 is 2.75 bits per heavy atom. The molecule has 0 bridgehead atoms. The highest BCUT2D eigenvalue weighted by molar-refractivity contribution is 7.16. The maximum absolute atomic E-state index is 11.3. The molecule has 0 aromatic rings. The standard InChI is InChI=1S/C9H20NOP/c1-3-4-5-9(11)8(2)10-6-7-12/h8,10H,3-7,12H2,1-2H3. The van der Waals surface area contributed by atoms with Gasteiger partial charge in [-0.05, 0) is 26.1 Å². The lowest BCUT2D eigenvalue weighted by molar-refractivity contribution is -0.120. The number of nitrogens with one attached hydrogen (secondary N) is 1. The summed E-state index contributed by atoms with van der Waals surface area (Å²) in [6, 6.07) is 0.0390. The fraction of sp³-hybridized carbons (Fsp3) is 0.889. The van der Waals surface area contributed by atoms with Crippen LogP contribution >= 0.6 is 9.24 Å². The van der Waals surface area contributed by atoms with Gasteiger partial charge in [0.1, 0.15) is 5.78 Å². The Morgan fingerprint density at radius 1 is 1.58 bits per heavy atom. The number of carbonyl (C=O) groups is 1. The Balaban J connectivity index is 3.47. The molecule has 3 heteroatoms. The van der Waals surface area contributed by atoms with Crippen LogP contribution in [0.25, 0.3) is 0 Å². The molecular weight excluding hydrogens is 169 g/mol. The van der Waals surface area contributed by atoms with Crippen LogP contribution in [0.1, 0.15) is 33.1 Å². The molecule has 0 amide bonds. The highest BCUT2D eigenvalue weighted by Gasteiger charge is 2.09. The van der Waals surface area contributed by atoms with E-state index >= 15 is 0 Å². The van der Waals surface area contributed by atoms with Crippen LogP contribution in [0.2, 0.25) is 0 Å². The average molecular weight is 189 g/mol. The average Bonchev–Trinajstić information content (AvgIpc) is 2.10. The van der Waals surface area contributed by atoms with E-state index in [1.807, 2.05) is 6.92 Å². The normalized spacial score (nSPS) is 12.9. The molecule has 2 atom stereocenters. The molecule has 0 aromatic carbocycles. The molecule has 0 heterocycles. The summed E-state index contributed by atoms with van der Waals surface area (Å²) < 4.78 is 0. The first-order valence-electron chi connectivity index (χ1n) is 4.68. The largest absolute Gasteiger partial charge is 0.307 e. The number of rotatable bonds is 7. The number of Topliss-reactive ketones (excluding diaryl/α,β-unsaturated/α-hetero) is 1. The lowest BCUT2D eigenvalue weighted by atomic mass is 10.1. The second-order valence-electron chi connectivity index (χ2n) is 3.03. The second-order valence-corrected chi connectivity index (χ2v) is 3.61. The highest BCUT2D eigenvalue weighted by atomic mass is 31.0. The van der Waals surface area contributed by atoms with Gasteiger partial charge in [-0.25, -0.2) is 0 Å². The molecule has 0 rings (SSSR count). The maximum Gasteiger partial charge on any atom is 0.149 e. The van der Waals surface area contributed by atoms with Gasteiger partial charge in [-0.1, -0.05) is 13.3 Å². The summed E-state index contributed by atoms with van der Waals surface area (Å²) in [5.74, 6) is 0.343. The molecule has 1 N–H and O–H groups in total. The predicted octanol–water partition coefficient (Wildman–Crippen LogP) is 1.60. The van der Waals surface area contributed by atoms with Crippen LogP contribution in [-0.2, 0) is 4.79 Å². The molecule has 72 valence electrons. The van der Waals surface area contributed by atoms with Crippen LogP contribution in [0.3, 0.4) is 0 Å². The molecule has 0 fully saturated rings. The van der Waals surface area contributed by atoms with Crippen molar-refractivity contribution in [1.82, 2.24) is 5.32 Å². The molecule has 0 aliphatic rings. The summed E-state index contributed by atoms with van der Waals surface area (Å²) in [4.78, 5) is 11.3. The predicted molar refractivity (Wildman–Crippen MR) is 56.6 cm³/mol. The van der Waals surface area contributed by atoms with Crippen LogP contribution in [0.5, 0.6) is 0 Å². The minimum atomic E-state index is 0.0390. The SMILES string of the molecule is CCCCC(=O)C(C)NCCP. The van der Waals surface area contributed by atoms with Crippen LogP contribution in [0.15, 0.2) is 0 Å². The third-order valence-electron chi connectivity index (χ3n) is 1.85.